The summed E-state index contributed by atoms with van der Waals surface area (Å²) in [5, 5.41) is 4.80. The van der Waals surface area contributed by atoms with Gasteiger partial charge in [-0.15, -0.1) is 0 Å². The minimum Gasteiger partial charge on any atom is -0.348 e. The standard InChI is InChI=1S/C21H29F3N2O2/c1-19-8-3-4-14(19)12-5-6-16-20(2,15(12)7-9-19)10-13(18(28)26-16)17(27)25-11-21(22,23)24/h10,12,14-16H,3-9,11H2,1-2H3,(H,25,27)(H,26,28)/t12-,14-,15+,16?,19-,20+/m0/s1. The third-order valence-electron chi connectivity index (χ3n) is 8.26. The van der Waals surface area contributed by atoms with E-state index in [-0.39, 0.29) is 17.0 Å². The van der Waals surface area contributed by atoms with Gasteiger partial charge in [-0.25, -0.2) is 0 Å². The Balaban J connectivity index is 1.61. The van der Waals surface area contributed by atoms with Crippen molar-refractivity contribution in [3.8, 4) is 0 Å². The van der Waals surface area contributed by atoms with Gasteiger partial charge in [-0.3, -0.25) is 9.59 Å². The Morgan fingerprint density at radius 3 is 2.64 bits per heavy atom. The zero-order valence-corrected chi connectivity index (χ0v) is 16.5. The van der Waals surface area contributed by atoms with Crippen molar-refractivity contribution in [2.75, 3.05) is 6.54 Å². The van der Waals surface area contributed by atoms with Gasteiger partial charge in [-0.1, -0.05) is 26.3 Å². The molecule has 0 radical (unpaired) electrons. The summed E-state index contributed by atoms with van der Waals surface area (Å²) in [6.07, 6.45) is 5.14. The second kappa shape index (κ2) is 6.49. The summed E-state index contributed by atoms with van der Waals surface area (Å²) in [6, 6.07) is -0.0498. The molecule has 1 unspecified atom stereocenters. The first-order chi connectivity index (χ1) is 13.0. The van der Waals surface area contributed by atoms with Crippen LogP contribution < -0.4 is 10.6 Å². The normalized spacial score (nSPS) is 42.6. The zero-order valence-electron chi connectivity index (χ0n) is 16.5. The van der Waals surface area contributed by atoms with E-state index in [9.17, 15) is 22.8 Å². The summed E-state index contributed by atoms with van der Waals surface area (Å²) < 4.78 is 37.4. The predicted octanol–water partition coefficient (Wildman–Crippen LogP) is 3.72. The van der Waals surface area contributed by atoms with Crippen LogP contribution in [0.1, 0.15) is 58.8 Å². The van der Waals surface area contributed by atoms with Crippen LogP contribution in [-0.4, -0.2) is 30.6 Å². The second-order valence-corrected chi connectivity index (χ2v) is 9.79. The molecule has 1 heterocycles. The molecule has 0 aromatic carbocycles. The first-order valence-corrected chi connectivity index (χ1v) is 10.4. The van der Waals surface area contributed by atoms with Crippen LogP contribution in [0.2, 0.25) is 0 Å². The quantitative estimate of drug-likeness (QED) is 0.697. The highest BCUT2D eigenvalue weighted by Gasteiger charge is 2.58. The van der Waals surface area contributed by atoms with Crippen molar-refractivity contribution in [2.24, 2.45) is 28.6 Å². The van der Waals surface area contributed by atoms with Crippen LogP contribution in [0, 0.1) is 28.6 Å². The van der Waals surface area contributed by atoms with Crippen LogP contribution in [0.3, 0.4) is 0 Å². The number of carbonyl (C=O) groups is 2. The lowest BCUT2D eigenvalue weighted by Gasteiger charge is -2.58. The molecule has 3 aliphatic carbocycles. The SMILES string of the molecule is C[C@@]12CCC[C@H]1[C@@H]1CCC3NC(=O)C(C(=O)NCC(F)(F)F)=C[C@]3(C)[C@@H]1CC2. The first kappa shape index (κ1) is 19.8. The maximum atomic E-state index is 12.5. The van der Waals surface area contributed by atoms with E-state index in [2.05, 4.69) is 19.2 Å². The van der Waals surface area contributed by atoms with E-state index in [0.29, 0.717) is 23.2 Å². The topological polar surface area (TPSA) is 58.2 Å². The van der Waals surface area contributed by atoms with Crippen molar-refractivity contribution < 1.29 is 22.8 Å². The van der Waals surface area contributed by atoms with Gasteiger partial charge in [0.05, 0.1) is 0 Å². The van der Waals surface area contributed by atoms with Crippen LogP contribution >= 0.6 is 0 Å². The van der Waals surface area contributed by atoms with Crippen LogP contribution in [0.5, 0.6) is 0 Å². The lowest BCUT2D eigenvalue weighted by atomic mass is 9.48. The van der Waals surface area contributed by atoms with Crippen molar-refractivity contribution >= 4 is 11.8 Å². The second-order valence-electron chi connectivity index (χ2n) is 9.79. The van der Waals surface area contributed by atoms with E-state index in [1.807, 2.05) is 5.32 Å². The third-order valence-corrected chi connectivity index (χ3v) is 8.26. The largest absolute Gasteiger partial charge is 0.405 e. The molecule has 2 amide bonds. The number of rotatable bonds is 2. The van der Waals surface area contributed by atoms with Crippen LogP contribution in [0.25, 0.3) is 0 Å². The van der Waals surface area contributed by atoms with Crippen molar-refractivity contribution in [3.05, 3.63) is 11.6 Å². The van der Waals surface area contributed by atoms with Gasteiger partial charge in [0, 0.05) is 11.5 Å². The van der Waals surface area contributed by atoms with Crippen molar-refractivity contribution in [2.45, 2.75) is 71.0 Å². The molecular formula is C21H29F3N2O2. The fourth-order valence-corrected chi connectivity index (χ4v) is 6.88. The van der Waals surface area contributed by atoms with Gasteiger partial charge < -0.3 is 10.6 Å². The molecule has 0 aromatic heterocycles. The van der Waals surface area contributed by atoms with Crippen molar-refractivity contribution in [1.29, 1.82) is 0 Å². The molecule has 0 aromatic rings. The average Bonchev–Trinajstić information content (AvgIpc) is 3.01. The Bertz CT molecular complexity index is 719. The highest BCUT2D eigenvalue weighted by Crippen LogP contribution is 2.63. The Kier molecular flexibility index (Phi) is 4.58. The summed E-state index contributed by atoms with van der Waals surface area (Å²) in [5.74, 6) is 0.111. The van der Waals surface area contributed by atoms with Crippen LogP contribution in [0.15, 0.2) is 11.6 Å². The van der Waals surface area contributed by atoms with Gasteiger partial charge in [0.1, 0.15) is 12.1 Å². The Labute approximate surface area is 163 Å². The molecule has 0 bridgehead atoms. The number of nitrogens with one attached hydrogen (secondary N) is 2. The number of amides is 2. The maximum absolute atomic E-state index is 12.5. The smallest absolute Gasteiger partial charge is 0.348 e. The molecule has 3 saturated carbocycles. The van der Waals surface area contributed by atoms with Gasteiger partial charge >= 0.3 is 6.18 Å². The molecule has 4 nitrogen and oxygen atoms in total. The molecular weight excluding hydrogens is 369 g/mol. The number of alkyl halides is 3. The fraction of sp³-hybridized carbons (Fsp3) is 0.810. The average molecular weight is 398 g/mol. The minimum absolute atomic E-state index is 0.0498. The van der Waals surface area contributed by atoms with E-state index in [1.54, 1.807) is 6.08 Å². The Morgan fingerprint density at radius 2 is 1.93 bits per heavy atom. The fourth-order valence-electron chi connectivity index (χ4n) is 6.88. The van der Waals surface area contributed by atoms with E-state index in [0.717, 1.165) is 25.7 Å². The maximum Gasteiger partial charge on any atom is 0.405 e. The van der Waals surface area contributed by atoms with Gasteiger partial charge in [0.25, 0.3) is 11.8 Å². The van der Waals surface area contributed by atoms with E-state index >= 15 is 0 Å². The number of halogens is 3. The lowest BCUT2D eigenvalue weighted by Crippen LogP contribution is -2.60. The monoisotopic (exact) mass is 398 g/mol. The number of carbonyl (C=O) groups excluding carboxylic acids is 2. The van der Waals surface area contributed by atoms with Crippen LogP contribution in [0.4, 0.5) is 13.2 Å². The molecule has 3 fully saturated rings. The highest BCUT2D eigenvalue weighted by atomic mass is 19.4. The molecule has 6 atom stereocenters. The van der Waals surface area contributed by atoms with Gasteiger partial charge in [-0.2, -0.15) is 13.2 Å². The van der Waals surface area contributed by atoms with E-state index in [1.165, 1.54) is 19.3 Å². The van der Waals surface area contributed by atoms with Crippen molar-refractivity contribution in [3.63, 3.8) is 0 Å². The van der Waals surface area contributed by atoms with Gasteiger partial charge in [-0.05, 0) is 61.7 Å². The van der Waals surface area contributed by atoms with Gasteiger partial charge in [0.2, 0.25) is 0 Å². The molecule has 7 heteroatoms. The summed E-state index contributed by atoms with van der Waals surface area (Å²) in [7, 11) is 0. The number of fused-ring (bicyclic) bond motifs is 5. The number of hydrogen-bond donors (Lipinski definition) is 2. The molecule has 28 heavy (non-hydrogen) atoms. The van der Waals surface area contributed by atoms with Crippen LogP contribution in [-0.2, 0) is 9.59 Å². The summed E-state index contributed by atoms with van der Waals surface area (Å²) in [4.78, 5) is 24.8. The summed E-state index contributed by atoms with van der Waals surface area (Å²) >= 11 is 0. The molecule has 4 rings (SSSR count). The van der Waals surface area contributed by atoms with E-state index < -0.39 is 24.5 Å². The third kappa shape index (κ3) is 3.14. The molecule has 0 saturated heterocycles. The predicted molar refractivity (Wildman–Crippen MR) is 98.1 cm³/mol. The first-order valence-electron chi connectivity index (χ1n) is 10.4. The summed E-state index contributed by atoms with van der Waals surface area (Å²) in [5.41, 5.74) is -0.145. The minimum atomic E-state index is -4.50. The highest BCUT2D eigenvalue weighted by molar-refractivity contribution is 6.19. The number of hydrogen-bond acceptors (Lipinski definition) is 2. The lowest BCUT2D eigenvalue weighted by molar-refractivity contribution is -0.138. The summed E-state index contributed by atoms with van der Waals surface area (Å²) in [6.45, 7) is 3.06. The molecule has 4 aliphatic rings. The van der Waals surface area contributed by atoms with Crippen molar-refractivity contribution in [1.82, 2.24) is 10.6 Å². The molecule has 1 aliphatic heterocycles. The Hall–Kier alpha value is -1.53. The van der Waals surface area contributed by atoms with Gasteiger partial charge in [0.15, 0.2) is 0 Å². The zero-order chi connectivity index (χ0) is 20.3. The molecule has 2 N–H and O–H groups in total. The Morgan fingerprint density at radius 1 is 1.18 bits per heavy atom. The van der Waals surface area contributed by atoms with E-state index in [4.69, 9.17) is 0 Å². The molecule has 156 valence electrons. The molecule has 0 spiro atoms.